The molecular formula is C15H15F2N. The molecule has 0 heterocycles. The van der Waals surface area contributed by atoms with Crippen LogP contribution in [0.4, 0.5) is 8.78 Å². The SMILES string of the molecule is CC(CN)c1ccc(F)c(-c2ccccc2F)c1. The van der Waals surface area contributed by atoms with Crippen molar-refractivity contribution in [3.8, 4) is 11.1 Å². The number of hydrogen-bond acceptors (Lipinski definition) is 1. The molecule has 0 aromatic heterocycles. The quantitative estimate of drug-likeness (QED) is 0.879. The second kappa shape index (κ2) is 5.27. The third-order valence-corrected chi connectivity index (χ3v) is 3.08. The lowest BCUT2D eigenvalue weighted by atomic mass is 9.95. The van der Waals surface area contributed by atoms with Crippen LogP contribution in [0.5, 0.6) is 0 Å². The van der Waals surface area contributed by atoms with E-state index in [-0.39, 0.29) is 17.0 Å². The monoisotopic (exact) mass is 247 g/mol. The van der Waals surface area contributed by atoms with E-state index in [2.05, 4.69) is 0 Å². The van der Waals surface area contributed by atoms with Crippen molar-refractivity contribution in [2.45, 2.75) is 12.8 Å². The number of rotatable bonds is 3. The normalized spacial score (nSPS) is 12.4. The molecule has 1 nitrogen and oxygen atoms in total. The van der Waals surface area contributed by atoms with Crippen molar-refractivity contribution < 1.29 is 8.78 Å². The third-order valence-electron chi connectivity index (χ3n) is 3.08. The molecule has 2 rings (SSSR count). The Balaban J connectivity index is 2.54. The van der Waals surface area contributed by atoms with Crippen LogP contribution in [0, 0.1) is 11.6 Å². The minimum absolute atomic E-state index is 0.121. The molecule has 2 aromatic carbocycles. The maximum atomic E-state index is 13.8. The Morgan fingerprint density at radius 3 is 2.33 bits per heavy atom. The van der Waals surface area contributed by atoms with Crippen molar-refractivity contribution in [1.29, 1.82) is 0 Å². The molecule has 1 atom stereocenters. The molecule has 0 amide bonds. The topological polar surface area (TPSA) is 26.0 Å². The van der Waals surface area contributed by atoms with Crippen molar-refractivity contribution >= 4 is 0 Å². The van der Waals surface area contributed by atoms with E-state index in [0.29, 0.717) is 6.54 Å². The van der Waals surface area contributed by atoms with Crippen LogP contribution in [-0.2, 0) is 0 Å². The van der Waals surface area contributed by atoms with E-state index in [9.17, 15) is 8.78 Å². The first-order chi connectivity index (χ1) is 8.63. The second-order valence-electron chi connectivity index (χ2n) is 4.36. The highest BCUT2D eigenvalue weighted by Crippen LogP contribution is 2.28. The molecular weight excluding hydrogens is 232 g/mol. The molecule has 1 unspecified atom stereocenters. The zero-order valence-electron chi connectivity index (χ0n) is 10.2. The third kappa shape index (κ3) is 2.41. The van der Waals surface area contributed by atoms with E-state index in [1.807, 2.05) is 6.92 Å². The van der Waals surface area contributed by atoms with Gasteiger partial charge in [-0.1, -0.05) is 31.2 Å². The molecule has 3 heteroatoms. The van der Waals surface area contributed by atoms with Crippen LogP contribution in [0.25, 0.3) is 11.1 Å². The molecule has 0 aliphatic carbocycles. The van der Waals surface area contributed by atoms with Crippen LogP contribution in [-0.4, -0.2) is 6.54 Å². The van der Waals surface area contributed by atoms with Gasteiger partial charge in [-0.05, 0) is 36.2 Å². The number of nitrogens with two attached hydrogens (primary N) is 1. The van der Waals surface area contributed by atoms with Gasteiger partial charge in [0.2, 0.25) is 0 Å². The fraction of sp³-hybridized carbons (Fsp3) is 0.200. The van der Waals surface area contributed by atoms with Gasteiger partial charge in [0.05, 0.1) is 0 Å². The number of hydrogen-bond donors (Lipinski definition) is 1. The Hall–Kier alpha value is -1.74. The van der Waals surface area contributed by atoms with Crippen LogP contribution < -0.4 is 5.73 Å². The van der Waals surface area contributed by atoms with E-state index >= 15 is 0 Å². The molecule has 2 N–H and O–H groups in total. The highest BCUT2D eigenvalue weighted by Gasteiger charge is 2.12. The molecule has 0 aliphatic rings. The zero-order valence-corrected chi connectivity index (χ0v) is 10.2. The highest BCUT2D eigenvalue weighted by molar-refractivity contribution is 5.65. The minimum Gasteiger partial charge on any atom is -0.330 e. The predicted octanol–water partition coefficient (Wildman–Crippen LogP) is 3.69. The first-order valence-corrected chi connectivity index (χ1v) is 5.88. The molecule has 0 bridgehead atoms. The average molecular weight is 247 g/mol. The highest BCUT2D eigenvalue weighted by atomic mass is 19.1. The average Bonchev–Trinajstić information content (AvgIpc) is 2.39. The van der Waals surface area contributed by atoms with Gasteiger partial charge in [-0.25, -0.2) is 8.78 Å². The molecule has 0 spiro atoms. The van der Waals surface area contributed by atoms with Crippen molar-refractivity contribution in [3.63, 3.8) is 0 Å². The lowest BCUT2D eigenvalue weighted by Gasteiger charge is -2.12. The Labute approximate surface area is 105 Å². The first kappa shape index (κ1) is 12.7. The van der Waals surface area contributed by atoms with Gasteiger partial charge in [0.15, 0.2) is 0 Å². The summed E-state index contributed by atoms with van der Waals surface area (Å²) in [4.78, 5) is 0. The van der Waals surface area contributed by atoms with Gasteiger partial charge in [0.25, 0.3) is 0 Å². The van der Waals surface area contributed by atoms with E-state index in [1.165, 1.54) is 12.1 Å². The van der Waals surface area contributed by atoms with E-state index < -0.39 is 11.6 Å². The van der Waals surface area contributed by atoms with Crippen molar-refractivity contribution in [3.05, 3.63) is 59.7 Å². The molecule has 18 heavy (non-hydrogen) atoms. The minimum atomic E-state index is -0.423. The molecule has 0 fully saturated rings. The molecule has 2 aromatic rings. The Kier molecular flexibility index (Phi) is 3.72. The summed E-state index contributed by atoms with van der Waals surface area (Å²) >= 11 is 0. The number of halogens is 2. The van der Waals surface area contributed by atoms with Crippen molar-refractivity contribution in [2.24, 2.45) is 5.73 Å². The first-order valence-electron chi connectivity index (χ1n) is 5.88. The standard InChI is InChI=1S/C15H15F2N/c1-10(9-18)11-6-7-15(17)13(8-11)12-4-2-3-5-14(12)16/h2-8,10H,9,18H2,1H3. The summed E-state index contributed by atoms with van der Waals surface area (Å²) in [6.07, 6.45) is 0. The molecule has 0 aliphatic heterocycles. The number of benzene rings is 2. The Morgan fingerprint density at radius 2 is 1.67 bits per heavy atom. The lowest BCUT2D eigenvalue weighted by Crippen LogP contribution is -2.09. The maximum Gasteiger partial charge on any atom is 0.131 e. The van der Waals surface area contributed by atoms with Gasteiger partial charge in [-0.15, -0.1) is 0 Å². The van der Waals surface area contributed by atoms with Gasteiger partial charge in [-0.3, -0.25) is 0 Å². The molecule has 0 saturated heterocycles. The van der Waals surface area contributed by atoms with Crippen LogP contribution in [0.1, 0.15) is 18.4 Å². The summed E-state index contributed by atoms with van der Waals surface area (Å²) in [5.41, 5.74) is 7.07. The van der Waals surface area contributed by atoms with Gasteiger partial charge >= 0.3 is 0 Å². The van der Waals surface area contributed by atoms with Gasteiger partial charge < -0.3 is 5.73 Å². The van der Waals surface area contributed by atoms with E-state index in [4.69, 9.17) is 5.73 Å². The summed E-state index contributed by atoms with van der Waals surface area (Å²) in [5.74, 6) is -0.724. The Bertz CT molecular complexity index is 552. The van der Waals surface area contributed by atoms with Crippen LogP contribution in [0.2, 0.25) is 0 Å². The lowest BCUT2D eigenvalue weighted by molar-refractivity contribution is 0.615. The fourth-order valence-electron chi connectivity index (χ4n) is 1.87. The van der Waals surface area contributed by atoms with Crippen LogP contribution >= 0.6 is 0 Å². The Morgan fingerprint density at radius 1 is 1.00 bits per heavy atom. The van der Waals surface area contributed by atoms with Crippen molar-refractivity contribution in [2.75, 3.05) is 6.54 Å². The van der Waals surface area contributed by atoms with E-state index in [1.54, 1.807) is 30.3 Å². The predicted molar refractivity (Wildman–Crippen MR) is 69.3 cm³/mol. The maximum absolute atomic E-state index is 13.8. The van der Waals surface area contributed by atoms with Crippen LogP contribution in [0.15, 0.2) is 42.5 Å². The summed E-state index contributed by atoms with van der Waals surface area (Å²) in [6, 6.07) is 10.9. The summed E-state index contributed by atoms with van der Waals surface area (Å²) in [6.45, 7) is 2.43. The van der Waals surface area contributed by atoms with Crippen LogP contribution in [0.3, 0.4) is 0 Å². The summed E-state index contributed by atoms with van der Waals surface area (Å²) in [5, 5.41) is 0. The zero-order chi connectivity index (χ0) is 13.1. The van der Waals surface area contributed by atoms with Gasteiger partial charge in [0, 0.05) is 11.1 Å². The summed E-state index contributed by atoms with van der Waals surface area (Å²) < 4.78 is 27.5. The summed E-state index contributed by atoms with van der Waals surface area (Å²) in [7, 11) is 0. The van der Waals surface area contributed by atoms with Crippen molar-refractivity contribution in [1.82, 2.24) is 0 Å². The molecule has 0 saturated carbocycles. The van der Waals surface area contributed by atoms with E-state index in [0.717, 1.165) is 5.56 Å². The van der Waals surface area contributed by atoms with Gasteiger partial charge in [-0.2, -0.15) is 0 Å². The fourth-order valence-corrected chi connectivity index (χ4v) is 1.87. The largest absolute Gasteiger partial charge is 0.330 e. The second-order valence-corrected chi connectivity index (χ2v) is 4.36. The molecule has 94 valence electrons. The smallest absolute Gasteiger partial charge is 0.131 e. The molecule has 0 radical (unpaired) electrons. The van der Waals surface area contributed by atoms with Gasteiger partial charge in [0.1, 0.15) is 11.6 Å².